The Morgan fingerprint density at radius 3 is 2.50 bits per heavy atom. The van der Waals surface area contributed by atoms with Gasteiger partial charge in [0.2, 0.25) is 0 Å². The maximum Gasteiger partial charge on any atom is 0.131 e. The Bertz CT molecular complexity index is 152. The molecule has 10 heavy (non-hydrogen) atoms. The van der Waals surface area contributed by atoms with Crippen LogP contribution in [0.3, 0.4) is 0 Å². The summed E-state index contributed by atoms with van der Waals surface area (Å²) in [6.07, 6.45) is 1.61. The largest absolute Gasteiger partial charge is 0.400 e. The third kappa shape index (κ3) is 2.55. The van der Waals surface area contributed by atoms with Crippen LogP contribution in [0.15, 0.2) is 24.0 Å². The number of rotatable bonds is 3. The van der Waals surface area contributed by atoms with Gasteiger partial charge in [-0.15, -0.1) is 0 Å². The second kappa shape index (κ2) is 3.95. The lowest BCUT2D eigenvalue weighted by atomic mass is 10.2. The standard InChI is InChI=1S/C7H14N2O/c1-3-4-6(9)7(10)5(2)8/h4,7,10H,2-3,8-9H2,1H3/b6-4-. The molecule has 0 radical (unpaired) electrons. The van der Waals surface area contributed by atoms with E-state index in [4.69, 9.17) is 16.6 Å². The van der Waals surface area contributed by atoms with E-state index in [1.54, 1.807) is 6.08 Å². The molecule has 3 heteroatoms. The molecule has 0 amide bonds. The number of aliphatic hydroxyl groups is 1. The maximum absolute atomic E-state index is 9.11. The summed E-state index contributed by atoms with van der Waals surface area (Å²) in [4.78, 5) is 0. The first-order chi connectivity index (χ1) is 4.59. The van der Waals surface area contributed by atoms with Gasteiger partial charge in [-0.1, -0.05) is 19.6 Å². The Hall–Kier alpha value is -0.960. The molecule has 0 heterocycles. The Kier molecular flexibility index (Phi) is 3.57. The highest BCUT2D eigenvalue weighted by Crippen LogP contribution is 2.00. The molecule has 3 nitrogen and oxygen atoms in total. The smallest absolute Gasteiger partial charge is 0.131 e. The van der Waals surface area contributed by atoms with Crippen LogP contribution >= 0.6 is 0 Å². The predicted molar refractivity (Wildman–Crippen MR) is 41.9 cm³/mol. The summed E-state index contributed by atoms with van der Waals surface area (Å²) in [7, 11) is 0. The second-order valence-electron chi connectivity index (χ2n) is 2.09. The quantitative estimate of drug-likeness (QED) is 0.522. The number of allylic oxidation sites excluding steroid dienone is 1. The molecule has 0 aliphatic heterocycles. The lowest BCUT2D eigenvalue weighted by molar-refractivity contribution is 0.243. The Morgan fingerprint density at radius 2 is 2.20 bits per heavy atom. The zero-order valence-electron chi connectivity index (χ0n) is 6.17. The fraction of sp³-hybridized carbons (Fsp3) is 0.429. The topological polar surface area (TPSA) is 72.3 Å². The van der Waals surface area contributed by atoms with Crippen LogP contribution in [0.5, 0.6) is 0 Å². The molecule has 0 saturated carbocycles. The predicted octanol–water partition coefficient (Wildman–Crippen LogP) is 0.0723. The summed E-state index contributed by atoms with van der Waals surface area (Å²) in [6, 6.07) is 0. The van der Waals surface area contributed by atoms with Crippen LogP contribution in [0.4, 0.5) is 0 Å². The normalized spacial score (nSPS) is 14.8. The van der Waals surface area contributed by atoms with Gasteiger partial charge < -0.3 is 16.6 Å². The van der Waals surface area contributed by atoms with Gasteiger partial charge in [0.15, 0.2) is 0 Å². The monoisotopic (exact) mass is 142 g/mol. The Balaban J connectivity index is 4.06. The third-order valence-electron chi connectivity index (χ3n) is 1.11. The minimum Gasteiger partial charge on any atom is -0.400 e. The lowest BCUT2D eigenvalue weighted by Gasteiger charge is -2.09. The molecule has 0 bridgehead atoms. The van der Waals surface area contributed by atoms with E-state index < -0.39 is 6.10 Å². The van der Waals surface area contributed by atoms with E-state index in [1.165, 1.54) is 0 Å². The van der Waals surface area contributed by atoms with Gasteiger partial charge in [0.1, 0.15) is 6.10 Å². The molecule has 0 spiro atoms. The molecule has 0 aromatic heterocycles. The van der Waals surface area contributed by atoms with Gasteiger partial charge in [-0.25, -0.2) is 0 Å². The van der Waals surface area contributed by atoms with Crippen molar-refractivity contribution in [2.75, 3.05) is 0 Å². The third-order valence-corrected chi connectivity index (χ3v) is 1.11. The van der Waals surface area contributed by atoms with Crippen molar-refractivity contribution < 1.29 is 5.11 Å². The van der Waals surface area contributed by atoms with Gasteiger partial charge in [-0.05, 0) is 6.42 Å². The minimum absolute atomic E-state index is 0.183. The van der Waals surface area contributed by atoms with E-state index >= 15 is 0 Å². The molecule has 58 valence electrons. The van der Waals surface area contributed by atoms with E-state index in [1.807, 2.05) is 6.92 Å². The van der Waals surface area contributed by atoms with Crippen LogP contribution < -0.4 is 11.5 Å². The molecular formula is C7H14N2O. The molecule has 1 atom stereocenters. The second-order valence-corrected chi connectivity index (χ2v) is 2.09. The highest BCUT2D eigenvalue weighted by atomic mass is 16.3. The number of hydrogen-bond donors (Lipinski definition) is 3. The number of aliphatic hydroxyl groups excluding tert-OH is 1. The van der Waals surface area contributed by atoms with Gasteiger partial charge in [-0.3, -0.25) is 0 Å². The van der Waals surface area contributed by atoms with E-state index in [0.29, 0.717) is 5.70 Å². The van der Waals surface area contributed by atoms with E-state index in [0.717, 1.165) is 6.42 Å². The van der Waals surface area contributed by atoms with Crippen molar-refractivity contribution >= 4 is 0 Å². The van der Waals surface area contributed by atoms with Gasteiger partial charge in [0.05, 0.1) is 0 Å². The molecule has 0 rings (SSSR count). The van der Waals surface area contributed by atoms with Gasteiger partial charge in [0, 0.05) is 11.4 Å². The van der Waals surface area contributed by atoms with Crippen molar-refractivity contribution in [3.63, 3.8) is 0 Å². The first kappa shape index (κ1) is 9.04. The first-order valence-electron chi connectivity index (χ1n) is 3.17. The van der Waals surface area contributed by atoms with E-state index in [-0.39, 0.29) is 5.70 Å². The van der Waals surface area contributed by atoms with Crippen molar-refractivity contribution in [1.82, 2.24) is 0 Å². The summed E-state index contributed by atoms with van der Waals surface area (Å²) in [5.41, 5.74) is 11.2. The van der Waals surface area contributed by atoms with E-state index in [9.17, 15) is 0 Å². The summed E-state index contributed by atoms with van der Waals surface area (Å²) in [6.45, 7) is 5.29. The molecule has 0 saturated heterocycles. The minimum atomic E-state index is -0.889. The van der Waals surface area contributed by atoms with Gasteiger partial charge in [-0.2, -0.15) is 0 Å². The Morgan fingerprint density at radius 1 is 1.70 bits per heavy atom. The highest BCUT2D eigenvalue weighted by Gasteiger charge is 2.06. The molecule has 5 N–H and O–H groups in total. The van der Waals surface area contributed by atoms with Crippen molar-refractivity contribution in [3.05, 3.63) is 24.0 Å². The maximum atomic E-state index is 9.11. The molecule has 1 unspecified atom stereocenters. The lowest BCUT2D eigenvalue weighted by Crippen LogP contribution is -2.23. The van der Waals surface area contributed by atoms with Gasteiger partial charge >= 0.3 is 0 Å². The first-order valence-corrected chi connectivity index (χ1v) is 3.17. The van der Waals surface area contributed by atoms with Crippen LogP contribution in [-0.2, 0) is 0 Å². The number of hydrogen-bond acceptors (Lipinski definition) is 3. The summed E-state index contributed by atoms with van der Waals surface area (Å²) < 4.78 is 0. The summed E-state index contributed by atoms with van der Waals surface area (Å²) in [5, 5.41) is 9.11. The summed E-state index contributed by atoms with van der Waals surface area (Å²) in [5.74, 6) is 0. The SMILES string of the molecule is C=C(N)C(O)/C(N)=C/CC. The van der Waals surface area contributed by atoms with Crippen molar-refractivity contribution in [3.8, 4) is 0 Å². The van der Waals surface area contributed by atoms with Crippen LogP contribution in [0, 0.1) is 0 Å². The van der Waals surface area contributed by atoms with Crippen molar-refractivity contribution in [2.24, 2.45) is 11.5 Å². The highest BCUT2D eigenvalue weighted by molar-refractivity contribution is 5.15. The van der Waals surface area contributed by atoms with Crippen LogP contribution in [0.2, 0.25) is 0 Å². The van der Waals surface area contributed by atoms with Crippen molar-refractivity contribution in [2.45, 2.75) is 19.4 Å². The fourth-order valence-electron chi connectivity index (χ4n) is 0.561. The zero-order chi connectivity index (χ0) is 8.15. The molecule has 0 aromatic rings. The summed E-state index contributed by atoms with van der Waals surface area (Å²) >= 11 is 0. The van der Waals surface area contributed by atoms with Crippen LogP contribution in [0.25, 0.3) is 0 Å². The average molecular weight is 142 g/mol. The average Bonchev–Trinajstić information content (AvgIpc) is 1.87. The zero-order valence-corrected chi connectivity index (χ0v) is 6.17. The molecular weight excluding hydrogens is 128 g/mol. The molecule has 0 fully saturated rings. The van der Waals surface area contributed by atoms with Crippen LogP contribution in [-0.4, -0.2) is 11.2 Å². The van der Waals surface area contributed by atoms with Gasteiger partial charge in [0.25, 0.3) is 0 Å². The van der Waals surface area contributed by atoms with E-state index in [2.05, 4.69) is 6.58 Å². The fourth-order valence-corrected chi connectivity index (χ4v) is 0.561. The Labute approximate surface area is 61.0 Å². The molecule has 0 aliphatic carbocycles. The molecule has 0 aromatic carbocycles. The van der Waals surface area contributed by atoms with Crippen LogP contribution in [0.1, 0.15) is 13.3 Å². The number of nitrogens with two attached hydrogens (primary N) is 2. The molecule has 0 aliphatic rings. The van der Waals surface area contributed by atoms with Crippen molar-refractivity contribution in [1.29, 1.82) is 0 Å².